The Morgan fingerprint density at radius 1 is 1.30 bits per heavy atom. The van der Waals surface area contributed by atoms with Crippen LogP contribution in [0.25, 0.3) is 10.9 Å². The van der Waals surface area contributed by atoms with Crippen molar-refractivity contribution in [3.05, 3.63) is 35.9 Å². The standard InChI is InChI=1S/C16H21N3S/c1-10(2)11(3)9-18-16-13(15(17)20)8-12-6-4-5-7-14(12)19-16/h4-8,10-11H,9H2,1-3H3,(H2,17,20)(H,18,19). The molecular weight excluding hydrogens is 266 g/mol. The summed E-state index contributed by atoms with van der Waals surface area (Å²) in [7, 11) is 0. The fourth-order valence-electron chi connectivity index (χ4n) is 1.93. The Labute approximate surface area is 125 Å². The maximum atomic E-state index is 5.82. The summed E-state index contributed by atoms with van der Waals surface area (Å²) in [6.07, 6.45) is 0. The summed E-state index contributed by atoms with van der Waals surface area (Å²) in [6.45, 7) is 7.51. The van der Waals surface area contributed by atoms with E-state index in [1.54, 1.807) is 0 Å². The van der Waals surface area contributed by atoms with Crippen LogP contribution in [0.3, 0.4) is 0 Å². The van der Waals surface area contributed by atoms with Crippen LogP contribution in [0.1, 0.15) is 26.3 Å². The number of anilines is 1. The van der Waals surface area contributed by atoms with Crippen molar-refractivity contribution in [1.29, 1.82) is 0 Å². The van der Waals surface area contributed by atoms with Gasteiger partial charge in [0.1, 0.15) is 10.8 Å². The third-order valence-electron chi connectivity index (χ3n) is 3.72. The SMILES string of the molecule is CC(C)C(C)CNc1nc2ccccc2cc1C(N)=S. The number of hydrogen-bond donors (Lipinski definition) is 2. The first kappa shape index (κ1) is 14.7. The number of para-hydroxylation sites is 1. The quantitative estimate of drug-likeness (QED) is 0.825. The fraction of sp³-hybridized carbons (Fsp3) is 0.375. The van der Waals surface area contributed by atoms with Gasteiger partial charge in [-0.3, -0.25) is 0 Å². The van der Waals surface area contributed by atoms with Crippen molar-refractivity contribution in [3.8, 4) is 0 Å². The Hall–Kier alpha value is -1.68. The van der Waals surface area contributed by atoms with Crippen molar-refractivity contribution in [2.75, 3.05) is 11.9 Å². The lowest BCUT2D eigenvalue weighted by atomic mass is 9.98. The van der Waals surface area contributed by atoms with Crippen LogP contribution in [0, 0.1) is 11.8 Å². The second-order valence-corrected chi connectivity index (χ2v) is 5.98. The highest BCUT2D eigenvalue weighted by Crippen LogP contribution is 2.21. The molecule has 1 atom stereocenters. The number of hydrogen-bond acceptors (Lipinski definition) is 3. The van der Waals surface area contributed by atoms with Gasteiger partial charge in [-0.1, -0.05) is 51.2 Å². The molecule has 0 saturated heterocycles. The first-order valence-corrected chi connectivity index (χ1v) is 7.33. The van der Waals surface area contributed by atoms with E-state index in [0.29, 0.717) is 16.8 Å². The van der Waals surface area contributed by atoms with Gasteiger partial charge in [-0.2, -0.15) is 0 Å². The third-order valence-corrected chi connectivity index (χ3v) is 3.94. The molecule has 1 heterocycles. The van der Waals surface area contributed by atoms with Crippen LogP contribution >= 0.6 is 12.2 Å². The van der Waals surface area contributed by atoms with Crippen LogP contribution in [0.15, 0.2) is 30.3 Å². The van der Waals surface area contributed by atoms with Gasteiger partial charge in [0.25, 0.3) is 0 Å². The zero-order chi connectivity index (χ0) is 14.7. The maximum Gasteiger partial charge on any atom is 0.136 e. The van der Waals surface area contributed by atoms with Gasteiger partial charge in [0.15, 0.2) is 0 Å². The van der Waals surface area contributed by atoms with E-state index < -0.39 is 0 Å². The molecule has 20 heavy (non-hydrogen) atoms. The van der Waals surface area contributed by atoms with Crippen LogP contribution < -0.4 is 11.1 Å². The van der Waals surface area contributed by atoms with E-state index in [-0.39, 0.29) is 0 Å². The van der Waals surface area contributed by atoms with Crippen LogP contribution in [0.4, 0.5) is 5.82 Å². The van der Waals surface area contributed by atoms with Crippen LogP contribution in [0.5, 0.6) is 0 Å². The first-order valence-electron chi connectivity index (χ1n) is 6.92. The van der Waals surface area contributed by atoms with Gasteiger partial charge >= 0.3 is 0 Å². The molecule has 1 unspecified atom stereocenters. The number of aromatic nitrogens is 1. The van der Waals surface area contributed by atoms with Crippen LogP contribution in [-0.2, 0) is 0 Å². The zero-order valence-electron chi connectivity index (χ0n) is 12.2. The minimum absolute atomic E-state index is 0.378. The summed E-state index contributed by atoms with van der Waals surface area (Å²) in [6, 6.07) is 9.99. The third kappa shape index (κ3) is 3.25. The molecule has 4 heteroatoms. The lowest BCUT2D eigenvalue weighted by molar-refractivity contribution is 0.439. The molecule has 0 aliphatic carbocycles. The van der Waals surface area contributed by atoms with Crippen molar-refractivity contribution in [2.45, 2.75) is 20.8 Å². The molecule has 2 aromatic rings. The molecule has 106 valence electrons. The maximum absolute atomic E-state index is 5.82. The van der Waals surface area contributed by atoms with Crippen molar-refractivity contribution in [1.82, 2.24) is 4.98 Å². The highest BCUT2D eigenvalue weighted by molar-refractivity contribution is 7.80. The number of fused-ring (bicyclic) bond motifs is 1. The summed E-state index contributed by atoms with van der Waals surface area (Å²) in [5.41, 5.74) is 7.59. The Balaban J connectivity index is 2.34. The number of rotatable bonds is 5. The molecule has 3 N–H and O–H groups in total. The van der Waals surface area contributed by atoms with Gasteiger partial charge in [0.05, 0.1) is 11.1 Å². The molecule has 0 aliphatic rings. The highest BCUT2D eigenvalue weighted by Gasteiger charge is 2.12. The number of pyridine rings is 1. The molecule has 0 spiro atoms. The number of nitrogens with one attached hydrogen (secondary N) is 1. The van der Waals surface area contributed by atoms with E-state index in [1.165, 1.54) is 0 Å². The molecule has 0 aliphatic heterocycles. The minimum Gasteiger partial charge on any atom is -0.389 e. The second kappa shape index (κ2) is 6.18. The number of thiocarbonyl (C=S) groups is 1. The molecule has 0 saturated carbocycles. The van der Waals surface area contributed by atoms with E-state index in [0.717, 1.165) is 28.8 Å². The lowest BCUT2D eigenvalue weighted by Crippen LogP contribution is -2.20. The van der Waals surface area contributed by atoms with E-state index >= 15 is 0 Å². The van der Waals surface area contributed by atoms with E-state index in [9.17, 15) is 0 Å². The van der Waals surface area contributed by atoms with Gasteiger partial charge in [-0.25, -0.2) is 4.98 Å². The lowest BCUT2D eigenvalue weighted by Gasteiger charge is -2.18. The Kier molecular flexibility index (Phi) is 4.55. The molecule has 1 aromatic carbocycles. The van der Waals surface area contributed by atoms with Crippen molar-refractivity contribution < 1.29 is 0 Å². The number of benzene rings is 1. The van der Waals surface area contributed by atoms with Gasteiger partial charge in [0.2, 0.25) is 0 Å². The molecule has 0 radical (unpaired) electrons. The Morgan fingerprint density at radius 2 is 2.00 bits per heavy atom. The zero-order valence-corrected chi connectivity index (χ0v) is 13.0. The van der Waals surface area contributed by atoms with Crippen LogP contribution in [-0.4, -0.2) is 16.5 Å². The minimum atomic E-state index is 0.378. The van der Waals surface area contributed by atoms with E-state index in [1.807, 2.05) is 30.3 Å². The van der Waals surface area contributed by atoms with E-state index in [2.05, 4.69) is 31.1 Å². The summed E-state index contributed by atoms with van der Waals surface area (Å²) in [5, 5.41) is 4.44. The van der Waals surface area contributed by atoms with Gasteiger partial charge in [-0.05, 0) is 24.0 Å². The molecular formula is C16H21N3S. The number of nitrogens with two attached hydrogens (primary N) is 1. The predicted molar refractivity (Wildman–Crippen MR) is 90.1 cm³/mol. The van der Waals surface area contributed by atoms with Crippen molar-refractivity contribution in [3.63, 3.8) is 0 Å². The summed E-state index contributed by atoms with van der Waals surface area (Å²) in [4.78, 5) is 5.03. The Morgan fingerprint density at radius 3 is 2.65 bits per heavy atom. The summed E-state index contributed by atoms with van der Waals surface area (Å²) >= 11 is 5.14. The smallest absolute Gasteiger partial charge is 0.136 e. The van der Waals surface area contributed by atoms with Crippen LogP contribution in [0.2, 0.25) is 0 Å². The molecule has 2 rings (SSSR count). The van der Waals surface area contributed by atoms with Gasteiger partial charge in [-0.15, -0.1) is 0 Å². The molecule has 1 aromatic heterocycles. The highest BCUT2D eigenvalue weighted by atomic mass is 32.1. The monoisotopic (exact) mass is 287 g/mol. The van der Waals surface area contributed by atoms with Gasteiger partial charge < -0.3 is 11.1 Å². The molecule has 0 fully saturated rings. The summed E-state index contributed by atoms with van der Waals surface area (Å²) in [5.74, 6) is 1.96. The van der Waals surface area contributed by atoms with Crippen molar-refractivity contribution in [2.24, 2.45) is 17.6 Å². The average molecular weight is 287 g/mol. The fourth-order valence-corrected chi connectivity index (χ4v) is 2.09. The largest absolute Gasteiger partial charge is 0.389 e. The number of nitrogens with zero attached hydrogens (tertiary/aromatic N) is 1. The Bertz CT molecular complexity index is 622. The van der Waals surface area contributed by atoms with Crippen molar-refractivity contribution >= 4 is 33.9 Å². The van der Waals surface area contributed by atoms with E-state index in [4.69, 9.17) is 18.0 Å². The first-order chi connectivity index (χ1) is 9.49. The average Bonchev–Trinajstić information content (AvgIpc) is 2.43. The van der Waals surface area contributed by atoms with Gasteiger partial charge in [0, 0.05) is 11.9 Å². The molecule has 3 nitrogen and oxygen atoms in total. The predicted octanol–water partition coefficient (Wildman–Crippen LogP) is 3.57. The summed E-state index contributed by atoms with van der Waals surface area (Å²) < 4.78 is 0. The second-order valence-electron chi connectivity index (χ2n) is 5.54. The molecule has 0 bridgehead atoms. The topological polar surface area (TPSA) is 50.9 Å². The molecule has 0 amide bonds. The normalized spacial score (nSPS) is 12.6.